The first kappa shape index (κ1) is 13.1. The highest BCUT2D eigenvalue weighted by atomic mass is 35.5. The summed E-state index contributed by atoms with van der Waals surface area (Å²) in [7, 11) is 0. The predicted octanol–water partition coefficient (Wildman–Crippen LogP) is 3.97. The Labute approximate surface area is 125 Å². The molecule has 0 radical (unpaired) electrons. The second-order valence-electron chi connectivity index (χ2n) is 4.20. The molecule has 5 heteroatoms. The number of aromatic nitrogens is 2. The van der Waals surface area contributed by atoms with Crippen molar-refractivity contribution in [1.29, 1.82) is 0 Å². The highest BCUT2D eigenvalue weighted by molar-refractivity contribution is 7.99. The maximum atomic E-state index is 12.0. The standard InChI is InChI=1S/C15H11ClN2OS/c16-11-6-8-13(9-7-11)20-14-10-18(17-15(14)19)12-4-2-1-3-5-12/h1-10H,(H,17,19). The van der Waals surface area contributed by atoms with Crippen molar-refractivity contribution >= 4 is 23.4 Å². The van der Waals surface area contributed by atoms with Gasteiger partial charge < -0.3 is 0 Å². The maximum Gasteiger partial charge on any atom is 0.278 e. The molecule has 0 aliphatic carbocycles. The minimum Gasteiger partial charge on any atom is -0.267 e. The van der Waals surface area contributed by atoms with Gasteiger partial charge >= 0.3 is 0 Å². The molecule has 20 heavy (non-hydrogen) atoms. The van der Waals surface area contributed by atoms with E-state index in [0.29, 0.717) is 9.92 Å². The van der Waals surface area contributed by atoms with Gasteiger partial charge in [0, 0.05) is 16.1 Å². The Morgan fingerprint density at radius 3 is 2.40 bits per heavy atom. The molecule has 1 aromatic heterocycles. The number of rotatable bonds is 3. The Kier molecular flexibility index (Phi) is 3.67. The second kappa shape index (κ2) is 5.61. The molecule has 1 heterocycles. The van der Waals surface area contributed by atoms with Crippen LogP contribution in [0.2, 0.25) is 5.02 Å². The van der Waals surface area contributed by atoms with E-state index in [4.69, 9.17) is 11.6 Å². The molecule has 3 nitrogen and oxygen atoms in total. The van der Waals surface area contributed by atoms with Crippen LogP contribution in [0, 0.1) is 0 Å². The SMILES string of the molecule is O=c1[nH]n(-c2ccccc2)cc1Sc1ccc(Cl)cc1. The Morgan fingerprint density at radius 2 is 1.70 bits per heavy atom. The molecule has 0 spiro atoms. The van der Waals surface area contributed by atoms with Gasteiger partial charge in [-0.1, -0.05) is 41.6 Å². The third-order valence-corrected chi connectivity index (χ3v) is 4.04. The minimum absolute atomic E-state index is 0.103. The molecule has 3 rings (SSSR count). The average molecular weight is 303 g/mol. The average Bonchev–Trinajstić information content (AvgIpc) is 2.84. The van der Waals surface area contributed by atoms with Crippen molar-refractivity contribution in [3.05, 3.63) is 76.2 Å². The quantitative estimate of drug-likeness (QED) is 0.795. The first-order valence-corrected chi connectivity index (χ1v) is 7.22. The summed E-state index contributed by atoms with van der Waals surface area (Å²) in [6, 6.07) is 17.1. The second-order valence-corrected chi connectivity index (χ2v) is 5.75. The fraction of sp³-hybridized carbons (Fsp3) is 0. The van der Waals surface area contributed by atoms with Crippen LogP contribution in [0.15, 0.2) is 75.4 Å². The first-order chi connectivity index (χ1) is 9.72. The monoisotopic (exact) mass is 302 g/mol. The van der Waals surface area contributed by atoms with Gasteiger partial charge in [-0.25, -0.2) is 0 Å². The maximum absolute atomic E-state index is 12.0. The van der Waals surface area contributed by atoms with Crippen molar-refractivity contribution < 1.29 is 0 Å². The molecule has 0 unspecified atom stereocenters. The lowest BCUT2D eigenvalue weighted by Gasteiger charge is -2.00. The molecule has 0 amide bonds. The van der Waals surface area contributed by atoms with E-state index in [1.807, 2.05) is 54.6 Å². The molecule has 2 aromatic carbocycles. The molecule has 0 saturated carbocycles. The highest BCUT2D eigenvalue weighted by Gasteiger charge is 2.07. The van der Waals surface area contributed by atoms with Gasteiger partial charge in [0.2, 0.25) is 0 Å². The van der Waals surface area contributed by atoms with Crippen molar-refractivity contribution in [1.82, 2.24) is 9.78 Å². The molecule has 0 atom stereocenters. The Bertz CT molecular complexity index is 763. The molecular formula is C15H11ClN2OS. The van der Waals surface area contributed by atoms with Crippen LogP contribution in [0.4, 0.5) is 0 Å². The normalized spacial score (nSPS) is 10.7. The van der Waals surface area contributed by atoms with Crippen molar-refractivity contribution in [2.24, 2.45) is 0 Å². The Balaban J connectivity index is 1.90. The van der Waals surface area contributed by atoms with E-state index in [2.05, 4.69) is 5.10 Å². The smallest absolute Gasteiger partial charge is 0.267 e. The summed E-state index contributed by atoms with van der Waals surface area (Å²) in [6.45, 7) is 0. The number of hydrogen-bond acceptors (Lipinski definition) is 2. The third kappa shape index (κ3) is 2.81. The van der Waals surface area contributed by atoms with Crippen LogP contribution in [0.3, 0.4) is 0 Å². The number of benzene rings is 2. The van der Waals surface area contributed by atoms with E-state index in [9.17, 15) is 4.79 Å². The zero-order valence-electron chi connectivity index (χ0n) is 10.4. The van der Waals surface area contributed by atoms with E-state index in [-0.39, 0.29) is 5.56 Å². The summed E-state index contributed by atoms with van der Waals surface area (Å²) in [5, 5.41) is 3.49. The zero-order valence-corrected chi connectivity index (χ0v) is 12.0. The number of H-pyrrole nitrogens is 1. The molecule has 3 aromatic rings. The van der Waals surface area contributed by atoms with Crippen molar-refractivity contribution in [2.45, 2.75) is 9.79 Å². The lowest BCUT2D eigenvalue weighted by Crippen LogP contribution is -2.04. The third-order valence-electron chi connectivity index (χ3n) is 2.77. The van der Waals surface area contributed by atoms with Gasteiger partial charge in [-0.05, 0) is 36.4 Å². The number of aromatic amines is 1. The number of halogens is 1. The summed E-state index contributed by atoms with van der Waals surface area (Å²) in [5.41, 5.74) is 0.821. The lowest BCUT2D eigenvalue weighted by atomic mass is 10.3. The van der Waals surface area contributed by atoms with Gasteiger partial charge in [0.25, 0.3) is 5.56 Å². The molecule has 0 bridgehead atoms. The first-order valence-electron chi connectivity index (χ1n) is 6.03. The Hall–Kier alpha value is -1.91. The number of nitrogens with zero attached hydrogens (tertiary/aromatic N) is 1. The fourth-order valence-corrected chi connectivity index (χ4v) is 2.75. The lowest BCUT2D eigenvalue weighted by molar-refractivity contribution is 0.864. The molecule has 0 fully saturated rings. The topological polar surface area (TPSA) is 37.8 Å². The molecule has 1 N–H and O–H groups in total. The molecule has 0 aliphatic heterocycles. The van der Waals surface area contributed by atoms with Crippen LogP contribution < -0.4 is 5.56 Å². The van der Waals surface area contributed by atoms with Gasteiger partial charge in [0.15, 0.2) is 0 Å². The van der Waals surface area contributed by atoms with Crippen LogP contribution in [0.25, 0.3) is 5.69 Å². The summed E-state index contributed by atoms with van der Waals surface area (Å²) < 4.78 is 1.72. The van der Waals surface area contributed by atoms with Gasteiger partial charge in [-0.15, -0.1) is 0 Å². The summed E-state index contributed by atoms with van der Waals surface area (Å²) in [4.78, 5) is 13.6. The van der Waals surface area contributed by atoms with Gasteiger partial charge in [-0.2, -0.15) is 0 Å². The highest BCUT2D eigenvalue weighted by Crippen LogP contribution is 2.26. The number of para-hydroxylation sites is 1. The van der Waals surface area contributed by atoms with E-state index >= 15 is 0 Å². The van der Waals surface area contributed by atoms with Crippen LogP contribution in [0.1, 0.15) is 0 Å². The van der Waals surface area contributed by atoms with Crippen LogP contribution in [0.5, 0.6) is 0 Å². The van der Waals surface area contributed by atoms with Crippen LogP contribution in [-0.2, 0) is 0 Å². The Morgan fingerprint density at radius 1 is 1.00 bits per heavy atom. The van der Waals surface area contributed by atoms with E-state index in [1.165, 1.54) is 11.8 Å². The fourth-order valence-electron chi connectivity index (χ4n) is 1.80. The van der Waals surface area contributed by atoms with E-state index in [0.717, 1.165) is 10.6 Å². The van der Waals surface area contributed by atoms with E-state index < -0.39 is 0 Å². The number of hydrogen-bond donors (Lipinski definition) is 1. The van der Waals surface area contributed by atoms with Crippen molar-refractivity contribution in [3.8, 4) is 5.69 Å². The summed E-state index contributed by atoms with van der Waals surface area (Å²) in [6.07, 6.45) is 1.80. The van der Waals surface area contributed by atoms with Gasteiger partial charge in [0.05, 0.1) is 10.6 Å². The van der Waals surface area contributed by atoms with Crippen molar-refractivity contribution in [3.63, 3.8) is 0 Å². The largest absolute Gasteiger partial charge is 0.278 e. The van der Waals surface area contributed by atoms with E-state index in [1.54, 1.807) is 10.9 Å². The van der Waals surface area contributed by atoms with Gasteiger partial charge in [-0.3, -0.25) is 14.6 Å². The minimum atomic E-state index is -0.103. The predicted molar refractivity (Wildman–Crippen MR) is 82.0 cm³/mol. The summed E-state index contributed by atoms with van der Waals surface area (Å²) >= 11 is 7.26. The molecule has 0 aliphatic rings. The molecule has 100 valence electrons. The zero-order chi connectivity index (χ0) is 13.9. The van der Waals surface area contributed by atoms with Crippen LogP contribution >= 0.6 is 23.4 Å². The molecular weight excluding hydrogens is 292 g/mol. The van der Waals surface area contributed by atoms with Crippen molar-refractivity contribution in [2.75, 3.05) is 0 Å². The number of nitrogens with one attached hydrogen (secondary N) is 1. The van der Waals surface area contributed by atoms with Gasteiger partial charge in [0.1, 0.15) is 0 Å². The van der Waals surface area contributed by atoms with Crippen LogP contribution in [-0.4, -0.2) is 9.78 Å². The molecule has 0 saturated heterocycles. The summed E-state index contributed by atoms with van der Waals surface area (Å²) in [5.74, 6) is 0.